The first-order valence-electron chi connectivity index (χ1n) is 6.53. The second kappa shape index (κ2) is 5.57. The molecular weight excluding hydrogens is 282 g/mol. The van der Waals surface area contributed by atoms with Crippen LogP contribution >= 0.6 is 0 Å². The molecule has 110 valence electrons. The van der Waals surface area contributed by atoms with Gasteiger partial charge in [0, 0.05) is 23.8 Å². The fourth-order valence-electron chi connectivity index (χ4n) is 2.06. The Labute approximate surface area is 125 Å². The fraction of sp³-hybridized carbons (Fsp3) is 0. The number of hydrogen-bond donors (Lipinski definition) is 3. The zero-order valence-electron chi connectivity index (χ0n) is 11.5. The summed E-state index contributed by atoms with van der Waals surface area (Å²) in [6, 6.07) is 11.5. The molecule has 0 aliphatic rings. The van der Waals surface area contributed by atoms with E-state index in [1.807, 2.05) is 24.4 Å². The van der Waals surface area contributed by atoms with E-state index >= 15 is 0 Å². The summed E-state index contributed by atoms with van der Waals surface area (Å²) >= 11 is 0. The third kappa shape index (κ3) is 2.88. The highest BCUT2D eigenvalue weighted by atomic mass is 16.2. The molecule has 2 heterocycles. The number of nitrogens with zero attached hydrogens (tertiary/aromatic N) is 2. The Kier molecular flexibility index (Phi) is 3.45. The van der Waals surface area contributed by atoms with Gasteiger partial charge in [0.05, 0.1) is 0 Å². The summed E-state index contributed by atoms with van der Waals surface area (Å²) in [6.07, 6.45) is 3.46. The van der Waals surface area contributed by atoms with Crippen molar-refractivity contribution in [2.45, 2.75) is 0 Å². The van der Waals surface area contributed by atoms with Crippen molar-refractivity contribution in [3.05, 3.63) is 60.6 Å². The number of hydrogen-bond acceptors (Lipinski definition) is 3. The molecule has 3 rings (SSSR count). The number of nitrogens with two attached hydrogens (primary N) is 1. The van der Waals surface area contributed by atoms with Crippen LogP contribution in [0.25, 0.3) is 5.65 Å². The molecule has 2 aromatic heterocycles. The van der Waals surface area contributed by atoms with E-state index in [9.17, 15) is 9.59 Å². The highest BCUT2D eigenvalue weighted by molar-refractivity contribution is 6.03. The number of carbonyl (C=O) groups is 2. The molecule has 0 bridgehead atoms. The van der Waals surface area contributed by atoms with Gasteiger partial charge in [-0.1, -0.05) is 12.1 Å². The van der Waals surface area contributed by atoms with Crippen LogP contribution in [0.3, 0.4) is 0 Å². The van der Waals surface area contributed by atoms with E-state index in [-0.39, 0.29) is 5.91 Å². The lowest BCUT2D eigenvalue weighted by molar-refractivity contribution is 0.102. The predicted octanol–water partition coefficient (Wildman–Crippen LogP) is 2.08. The Hall–Kier alpha value is -3.35. The smallest absolute Gasteiger partial charge is 0.316 e. The summed E-state index contributed by atoms with van der Waals surface area (Å²) in [5.74, 6) is -0.333. The summed E-state index contributed by atoms with van der Waals surface area (Å²) in [4.78, 5) is 27.3. The van der Waals surface area contributed by atoms with E-state index in [4.69, 9.17) is 5.73 Å². The first kappa shape index (κ1) is 13.6. The number of amides is 3. The summed E-state index contributed by atoms with van der Waals surface area (Å²) < 4.78 is 1.76. The average Bonchev–Trinajstić information content (AvgIpc) is 2.91. The van der Waals surface area contributed by atoms with Gasteiger partial charge in [-0.05, 0) is 30.3 Å². The Morgan fingerprint density at radius 1 is 1.05 bits per heavy atom. The van der Waals surface area contributed by atoms with Crippen molar-refractivity contribution in [2.75, 3.05) is 10.6 Å². The lowest BCUT2D eigenvalue weighted by atomic mass is 10.2. The van der Waals surface area contributed by atoms with Crippen LogP contribution in [0.5, 0.6) is 0 Å². The Bertz CT molecular complexity index is 823. The standard InChI is InChI=1S/C15H13N5O2/c16-15(22)18-11-5-3-4-10(8-11)17-14(21)12-9-20-7-2-1-6-13(20)19-12/h1-9H,(H,17,21)(H3,16,18,22). The molecule has 7 nitrogen and oxygen atoms in total. The lowest BCUT2D eigenvalue weighted by Gasteiger charge is -2.06. The number of fused-ring (bicyclic) bond motifs is 1. The van der Waals surface area contributed by atoms with Crippen LogP contribution < -0.4 is 16.4 Å². The number of nitrogens with one attached hydrogen (secondary N) is 2. The molecule has 0 unspecified atom stereocenters. The summed E-state index contributed by atoms with van der Waals surface area (Å²) in [6.45, 7) is 0. The van der Waals surface area contributed by atoms with Crippen LogP contribution in [-0.2, 0) is 0 Å². The lowest BCUT2D eigenvalue weighted by Crippen LogP contribution is -2.19. The number of rotatable bonds is 3. The number of pyridine rings is 1. The summed E-state index contributed by atoms with van der Waals surface area (Å²) in [5.41, 5.74) is 7.09. The summed E-state index contributed by atoms with van der Waals surface area (Å²) in [7, 11) is 0. The highest BCUT2D eigenvalue weighted by Crippen LogP contribution is 2.16. The molecule has 0 fully saturated rings. The molecule has 22 heavy (non-hydrogen) atoms. The van der Waals surface area contributed by atoms with Crippen molar-refractivity contribution in [2.24, 2.45) is 5.73 Å². The zero-order chi connectivity index (χ0) is 15.5. The maximum atomic E-state index is 12.2. The molecule has 0 aliphatic carbocycles. The van der Waals surface area contributed by atoms with Crippen LogP contribution in [0.4, 0.5) is 16.2 Å². The van der Waals surface area contributed by atoms with Crippen LogP contribution in [0.15, 0.2) is 54.9 Å². The van der Waals surface area contributed by atoms with Gasteiger partial charge in [-0.2, -0.15) is 0 Å². The van der Waals surface area contributed by atoms with Crippen LogP contribution in [0.1, 0.15) is 10.5 Å². The van der Waals surface area contributed by atoms with E-state index < -0.39 is 6.03 Å². The Balaban J connectivity index is 1.80. The van der Waals surface area contributed by atoms with Gasteiger partial charge in [0.1, 0.15) is 11.3 Å². The quantitative estimate of drug-likeness (QED) is 0.689. The van der Waals surface area contributed by atoms with Crippen LogP contribution in [0.2, 0.25) is 0 Å². The largest absolute Gasteiger partial charge is 0.351 e. The molecule has 0 saturated heterocycles. The van der Waals surface area contributed by atoms with E-state index in [2.05, 4.69) is 15.6 Å². The molecule has 7 heteroatoms. The summed E-state index contributed by atoms with van der Waals surface area (Å²) in [5, 5.41) is 5.17. The molecule has 0 radical (unpaired) electrons. The van der Waals surface area contributed by atoms with Crippen LogP contribution in [-0.4, -0.2) is 21.3 Å². The topological polar surface area (TPSA) is 102 Å². The first-order valence-corrected chi connectivity index (χ1v) is 6.53. The minimum absolute atomic E-state index is 0.305. The number of primary amides is 1. The van der Waals surface area contributed by atoms with E-state index in [1.54, 1.807) is 34.9 Å². The van der Waals surface area contributed by atoms with Crippen molar-refractivity contribution in [3.8, 4) is 0 Å². The first-order chi connectivity index (χ1) is 10.6. The maximum Gasteiger partial charge on any atom is 0.316 e. The van der Waals surface area contributed by atoms with Gasteiger partial charge in [-0.15, -0.1) is 0 Å². The van der Waals surface area contributed by atoms with E-state index in [1.165, 1.54) is 0 Å². The third-order valence-electron chi connectivity index (χ3n) is 2.98. The predicted molar refractivity (Wildman–Crippen MR) is 82.8 cm³/mol. The molecular formula is C15H13N5O2. The molecule has 0 spiro atoms. The van der Waals surface area contributed by atoms with Gasteiger partial charge in [-0.25, -0.2) is 9.78 Å². The van der Waals surface area contributed by atoms with Gasteiger partial charge >= 0.3 is 6.03 Å². The van der Waals surface area contributed by atoms with Crippen molar-refractivity contribution >= 4 is 29.0 Å². The second-order valence-electron chi connectivity index (χ2n) is 4.62. The SMILES string of the molecule is NC(=O)Nc1cccc(NC(=O)c2cn3ccccc3n2)c1. The molecule has 3 amide bonds. The molecule has 0 atom stereocenters. The van der Waals surface area contributed by atoms with Gasteiger partial charge in [0.25, 0.3) is 5.91 Å². The minimum Gasteiger partial charge on any atom is -0.351 e. The second-order valence-corrected chi connectivity index (χ2v) is 4.62. The van der Waals surface area contributed by atoms with Crippen molar-refractivity contribution in [3.63, 3.8) is 0 Å². The van der Waals surface area contributed by atoms with Crippen molar-refractivity contribution in [1.29, 1.82) is 0 Å². The maximum absolute atomic E-state index is 12.2. The number of carbonyl (C=O) groups excluding carboxylic acids is 2. The van der Waals surface area contributed by atoms with E-state index in [0.29, 0.717) is 22.7 Å². The van der Waals surface area contributed by atoms with Crippen LogP contribution in [0, 0.1) is 0 Å². The number of benzene rings is 1. The molecule has 3 aromatic rings. The number of anilines is 2. The highest BCUT2D eigenvalue weighted by Gasteiger charge is 2.11. The number of aromatic nitrogens is 2. The van der Waals surface area contributed by atoms with Crippen molar-refractivity contribution < 1.29 is 9.59 Å². The normalized spacial score (nSPS) is 10.4. The Morgan fingerprint density at radius 2 is 1.82 bits per heavy atom. The van der Waals surface area contributed by atoms with Gasteiger partial charge in [-0.3, -0.25) is 4.79 Å². The average molecular weight is 295 g/mol. The zero-order valence-corrected chi connectivity index (χ0v) is 11.5. The van der Waals surface area contributed by atoms with Crippen molar-refractivity contribution in [1.82, 2.24) is 9.38 Å². The number of imidazole rings is 1. The van der Waals surface area contributed by atoms with Gasteiger partial charge in [0.2, 0.25) is 0 Å². The van der Waals surface area contributed by atoms with E-state index in [0.717, 1.165) is 0 Å². The van der Waals surface area contributed by atoms with Gasteiger partial charge in [0.15, 0.2) is 0 Å². The Morgan fingerprint density at radius 3 is 2.55 bits per heavy atom. The fourth-order valence-corrected chi connectivity index (χ4v) is 2.06. The number of urea groups is 1. The van der Waals surface area contributed by atoms with Gasteiger partial charge < -0.3 is 20.8 Å². The third-order valence-corrected chi connectivity index (χ3v) is 2.98. The molecule has 0 saturated carbocycles. The molecule has 1 aromatic carbocycles. The minimum atomic E-state index is -0.663. The molecule has 0 aliphatic heterocycles. The molecule has 4 N–H and O–H groups in total. The monoisotopic (exact) mass is 295 g/mol.